The monoisotopic (exact) mass is 254 g/mol. The molecule has 0 aliphatic carbocycles. The van der Waals surface area contributed by atoms with Crippen LogP contribution < -0.4 is 5.32 Å². The molecule has 1 saturated heterocycles. The van der Waals surface area contributed by atoms with Gasteiger partial charge in [-0.2, -0.15) is 0 Å². The van der Waals surface area contributed by atoms with Crippen LogP contribution in [0, 0.1) is 11.8 Å². The molecule has 3 atom stereocenters. The number of rotatable bonds is 6. The fourth-order valence-corrected chi connectivity index (χ4v) is 2.95. The van der Waals surface area contributed by atoms with E-state index in [4.69, 9.17) is 0 Å². The van der Waals surface area contributed by atoms with Gasteiger partial charge >= 0.3 is 0 Å². The minimum Gasteiger partial charge on any atom is -0.311 e. The molecule has 2 heteroatoms. The highest BCUT2D eigenvalue weighted by molar-refractivity contribution is 4.89. The summed E-state index contributed by atoms with van der Waals surface area (Å²) in [5.41, 5.74) is 0. The maximum absolute atomic E-state index is 3.73. The lowest BCUT2D eigenvalue weighted by molar-refractivity contribution is 0.0680. The van der Waals surface area contributed by atoms with Crippen molar-refractivity contribution in [1.82, 2.24) is 10.2 Å². The lowest BCUT2D eigenvalue weighted by atomic mass is 9.95. The Morgan fingerprint density at radius 1 is 1.11 bits per heavy atom. The van der Waals surface area contributed by atoms with E-state index in [1.165, 1.54) is 32.4 Å². The van der Waals surface area contributed by atoms with Crippen molar-refractivity contribution in [2.45, 2.75) is 78.9 Å². The number of nitrogens with one attached hydrogen (secondary N) is 1. The quantitative estimate of drug-likeness (QED) is 0.780. The summed E-state index contributed by atoms with van der Waals surface area (Å²) in [4.78, 5) is 2.77. The predicted octanol–water partition coefficient (Wildman–Crippen LogP) is 3.52. The molecule has 1 aliphatic rings. The van der Waals surface area contributed by atoms with Gasteiger partial charge in [-0.05, 0) is 38.0 Å². The lowest BCUT2D eigenvalue weighted by Crippen LogP contribution is -2.60. The molecule has 0 aromatic carbocycles. The van der Waals surface area contributed by atoms with Gasteiger partial charge in [0.15, 0.2) is 0 Å². The molecule has 108 valence electrons. The van der Waals surface area contributed by atoms with E-state index in [0.717, 1.165) is 23.9 Å². The third kappa shape index (κ3) is 4.55. The Kier molecular flexibility index (Phi) is 6.65. The van der Waals surface area contributed by atoms with Gasteiger partial charge in [0, 0.05) is 31.2 Å². The molecule has 0 amide bonds. The molecule has 0 aromatic heterocycles. The number of hydrogen-bond donors (Lipinski definition) is 1. The Hall–Kier alpha value is -0.0800. The third-order valence-corrected chi connectivity index (χ3v) is 4.50. The maximum Gasteiger partial charge on any atom is 0.0221 e. The Bertz CT molecular complexity index is 225. The van der Waals surface area contributed by atoms with E-state index >= 15 is 0 Å². The van der Waals surface area contributed by atoms with E-state index in [1.54, 1.807) is 0 Å². The van der Waals surface area contributed by atoms with Crippen molar-refractivity contribution in [3.63, 3.8) is 0 Å². The molecule has 0 spiro atoms. The van der Waals surface area contributed by atoms with Crippen LogP contribution in [0.1, 0.15) is 60.8 Å². The molecule has 18 heavy (non-hydrogen) atoms. The van der Waals surface area contributed by atoms with Crippen LogP contribution >= 0.6 is 0 Å². The Balaban J connectivity index is 2.56. The molecule has 1 N–H and O–H groups in total. The number of hydrogen-bond acceptors (Lipinski definition) is 2. The van der Waals surface area contributed by atoms with Crippen molar-refractivity contribution in [2.75, 3.05) is 13.1 Å². The van der Waals surface area contributed by atoms with Crippen LogP contribution in [0.2, 0.25) is 0 Å². The average Bonchev–Trinajstić information content (AvgIpc) is 2.34. The molecule has 1 rings (SSSR count). The Morgan fingerprint density at radius 2 is 1.78 bits per heavy atom. The fraction of sp³-hybridized carbons (Fsp3) is 1.00. The summed E-state index contributed by atoms with van der Waals surface area (Å²) < 4.78 is 0. The van der Waals surface area contributed by atoms with Crippen molar-refractivity contribution >= 4 is 0 Å². The molecule has 0 bridgehead atoms. The second kappa shape index (κ2) is 7.49. The van der Waals surface area contributed by atoms with Crippen molar-refractivity contribution in [2.24, 2.45) is 11.8 Å². The highest BCUT2D eigenvalue weighted by atomic mass is 15.3. The molecular weight excluding hydrogens is 220 g/mol. The molecule has 0 saturated carbocycles. The predicted molar refractivity (Wildman–Crippen MR) is 80.9 cm³/mol. The molecule has 0 aromatic rings. The van der Waals surface area contributed by atoms with E-state index < -0.39 is 0 Å². The summed E-state index contributed by atoms with van der Waals surface area (Å²) in [6, 6.07) is 2.15. The van der Waals surface area contributed by atoms with E-state index in [0.29, 0.717) is 6.04 Å². The van der Waals surface area contributed by atoms with Crippen molar-refractivity contribution in [1.29, 1.82) is 0 Å². The zero-order chi connectivity index (χ0) is 13.7. The van der Waals surface area contributed by atoms with Crippen LogP contribution in [0.25, 0.3) is 0 Å². The minimum atomic E-state index is 0.675. The summed E-state index contributed by atoms with van der Waals surface area (Å²) in [6.07, 6.45) is 3.97. The maximum atomic E-state index is 3.73. The van der Waals surface area contributed by atoms with Gasteiger partial charge in [0.25, 0.3) is 0 Å². The van der Waals surface area contributed by atoms with Crippen LogP contribution in [0.4, 0.5) is 0 Å². The van der Waals surface area contributed by atoms with Gasteiger partial charge in [0.1, 0.15) is 0 Å². The summed E-state index contributed by atoms with van der Waals surface area (Å²) in [5, 5.41) is 3.73. The van der Waals surface area contributed by atoms with Gasteiger partial charge in [0.05, 0.1) is 0 Å². The van der Waals surface area contributed by atoms with Crippen LogP contribution in [-0.2, 0) is 0 Å². The first-order valence-electron chi connectivity index (χ1n) is 7.94. The highest BCUT2D eigenvalue weighted by Gasteiger charge is 2.30. The first-order valence-corrected chi connectivity index (χ1v) is 7.94. The van der Waals surface area contributed by atoms with Gasteiger partial charge in [-0.3, -0.25) is 4.90 Å². The molecule has 1 aliphatic heterocycles. The van der Waals surface area contributed by atoms with E-state index in [-0.39, 0.29) is 0 Å². The van der Waals surface area contributed by atoms with Gasteiger partial charge < -0.3 is 5.32 Å². The third-order valence-electron chi connectivity index (χ3n) is 4.50. The summed E-state index contributed by atoms with van der Waals surface area (Å²) in [6.45, 7) is 16.5. The molecule has 3 unspecified atom stereocenters. The average molecular weight is 254 g/mol. The second-order valence-electron chi connectivity index (χ2n) is 6.84. The minimum absolute atomic E-state index is 0.675. The van der Waals surface area contributed by atoms with Gasteiger partial charge in [-0.15, -0.1) is 0 Å². The first kappa shape index (κ1) is 16.0. The SMILES string of the molecule is CCC1CNC(C(C)C)CN1C(C)CCC(C)C. The number of piperazine rings is 1. The normalized spacial score (nSPS) is 28.0. The van der Waals surface area contributed by atoms with Gasteiger partial charge in [-0.1, -0.05) is 34.6 Å². The molecule has 1 heterocycles. The van der Waals surface area contributed by atoms with Crippen molar-refractivity contribution in [3.8, 4) is 0 Å². The van der Waals surface area contributed by atoms with E-state index in [2.05, 4.69) is 51.8 Å². The second-order valence-corrected chi connectivity index (χ2v) is 6.84. The van der Waals surface area contributed by atoms with Crippen molar-refractivity contribution < 1.29 is 0 Å². The van der Waals surface area contributed by atoms with Gasteiger partial charge in [0.2, 0.25) is 0 Å². The zero-order valence-electron chi connectivity index (χ0n) is 13.4. The lowest BCUT2D eigenvalue weighted by Gasteiger charge is -2.45. The first-order chi connectivity index (χ1) is 8.45. The molecule has 0 radical (unpaired) electrons. The van der Waals surface area contributed by atoms with Crippen LogP contribution in [0.5, 0.6) is 0 Å². The Morgan fingerprint density at radius 3 is 2.28 bits per heavy atom. The Labute approximate surface area is 115 Å². The highest BCUT2D eigenvalue weighted by Crippen LogP contribution is 2.21. The topological polar surface area (TPSA) is 15.3 Å². The fourth-order valence-electron chi connectivity index (χ4n) is 2.95. The summed E-state index contributed by atoms with van der Waals surface area (Å²) in [5.74, 6) is 1.57. The summed E-state index contributed by atoms with van der Waals surface area (Å²) >= 11 is 0. The molecular formula is C16H34N2. The smallest absolute Gasteiger partial charge is 0.0221 e. The van der Waals surface area contributed by atoms with Crippen LogP contribution in [-0.4, -0.2) is 36.1 Å². The zero-order valence-corrected chi connectivity index (χ0v) is 13.4. The van der Waals surface area contributed by atoms with E-state index in [9.17, 15) is 0 Å². The van der Waals surface area contributed by atoms with Crippen molar-refractivity contribution in [3.05, 3.63) is 0 Å². The molecule has 1 fully saturated rings. The molecule has 2 nitrogen and oxygen atoms in total. The largest absolute Gasteiger partial charge is 0.311 e. The number of nitrogens with zero attached hydrogens (tertiary/aromatic N) is 1. The van der Waals surface area contributed by atoms with Crippen LogP contribution in [0.15, 0.2) is 0 Å². The van der Waals surface area contributed by atoms with Crippen LogP contribution in [0.3, 0.4) is 0 Å². The summed E-state index contributed by atoms with van der Waals surface area (Å²) in [7, 11) is 0. The van der Waals surface area contributed by atoms with Gasteiger partial charge in [-0.25, -0.2) is 0 Å². The standard InChI is InChI=1S/C16H34N2/c1-7-15-10-17-16(13(4)5)11-18(15)14(6)9-8-12(2)3/h12-17H,7-11H2,1-6H3. The van der Waals surface area contributed by atoms with E-state index in [1.807, 2.05) is 0 Å².